The molecular weight excluding hydrogens is 280 g/mol. The predicted molar refractivity (Wildman–Crippen MR) is 73.7 cm³/mol. The molecule has 0 unspecified atom stereocenters. The van der Waals surface area contributed by atoms with Crippen LogP contribution in [0.2, 0.25) is 0 Å². The van der Waals surface area contributed by atoms with E-state index < -0.39 is 17.7 Å². The fourth-order valence-corrected chi connectivity index (χ4v) is 1.98. The molecule has 1 saturated heterocycles. The molecule has 0 spiro atoms. The summed E-state index contributed by atoms with van der Waals surface area (Å²) in [7, 11) is 2.02. The Kier molecular flexibility index (Phi) is 5.08. The highest BCUT2D eigenvalue weighted by Crippen LogP contribution is 2.19. The van der Waals surface area contributed by atoms with Gasteiger partial charge in [-0.05, 0) is 26.1 Å². The van der Waals surface area contributed by atoms with Gasteiger partial charge in [-0.25, -0.2) is 13.8 Å². The molecule has 1 aliphatic heterocycles. The van der Waals surface area contributed by atoms with Gasteiger partial charge in [0.2, 0.25) is 0 Å². The van der Waals surface area contributed by atoms with Crippen LogP contribution in [0.4, 0.5) is 8.78 Å². The fourth-order valence-electron chi connectivity index (χ4n) is 1.98. The molecule has 2 rings (SSSR count). The van der Waals surface area contributed by atoms with Crippen LogP contribution < -0.4 is 10.2 Å². The van der Waals surface area contributed by atoms with Crippen LogP contribution in [0.5, 0.6) is 5.75 Å². The smallest absolute Gasteiger partial charge is 0.275 e. The number of piperazine rings is 1. The first-order valence-electron chi connectivity index (χ1n) is 6.81. The van der Waals surface area contributed by atoms with E-state index in [0.29, 0.717) is 0 Å². The van der Waals surface area contributed by atoms with E-state index in [9.17, 15) is 13.6 Å². The van der Waals surface area contributed by atoms with Crippen LogP contribution in [0.15, 0.2) is 18.2 Å². The molecule has 1 fully saturated rings. The van der Waals surface area contributed by atoms with Gasteiger partial charge in [-0.3, -0.25) is 10.2 Å². The third-order valence-electron chi connectivity index (χ3n) is 3.34. The first kappa shape index (κ1) is 15.7. The zero-order chi connectivity index (χ0) is 15.4. The van der Waals surface area contributed by atoms with E-state index in [4.69, 9.17) is 4.74 Å². The summed E-state index contributed by atoms with van der Waals surface area (Å²) in [6.45, 7) is 4.69. The van der Waals surface area contributed by atoms with Crippen molar-refractivity contribution in [1.29, 1.82) is 0 Å². The molecule has 1 heterocycles. The number of rotatable bonds is 4. The number of hydrogen-bond acceptors (Lipinski definition) is 4. The van der Waals surface area contributed by atoms with Crippen molar-refractivity contribution >= 4 is 5.91 Å². The van der Waals surface area contributed by atoms with Crippen molar-refractivity contribution in [3.8, 4) is 5.75 Å². The Labute approximate surface area is 122 Å². The molecule has 0 bridgehead atoms. The Bertz CT molecular complexity index is 505. The second-order valence-corrected chi connectivity index (χ2v) is 5.10. The Hall–Kier alpha value is -1.73. The summed E-state index contributed by atoms with van der Waals surface area (Å²) in [5, 5.41) is 1.81. The van der Waals surface area contributed by atoms with Crippen LogP contribution in [-0.2, 0) is 4.79 Å². The Morgan fingerprint density at radius 2 is 1.95 bits per heavy atom. The molecule has 1 atom stereocenters. The SMILES string of the molecule is C[C@H](Oc1ccc(F)cc1F)C(=O)NN1CCN(C)CC1. The number of carbonyl (C=O) groups is 1. The van der Waals surface area contributed by atoms with Gasteiger partial charge >= 0.3 is 0 Å². The molecule has 5 nitrogen and oxygen atoms in total. The first-order valence-corrected chi connectivity index (χ1v) is 6.81. The lowest BCUT2D eigenvalue weighted by Crippen LogP contribution is -2.54. The van der Waals surface area contributed by atoms with Crippen molar-refractivity contribution in [2.24, 2.45) is 0 Å². The van der Waals surface area contributed by atoms with E-state index in [1.165, 1.54) is 13.0 Å². The van der Waals surface area contributed by atoms with Gasteiger partial charge in [-0.1, -0.05) is 0 Å². The topological polar surface area (TPSA) is 44.8 Å². The number of carbonyl (C=O) groups excluding carboxylic acids is 1. The van der Waals surface area contributed by atoms with Crippen LogP contribution >= 0.6 is 0 Å². The third kappa shape index (κ3) is 4.37. The van der Waals surface area contributed by atoms with E-state index in [1.54, 1.807) is 0 Å². The third-order valence-corrected chi connectivity index (χ3v) is 3.34. The highest BCUT2D eigenvalue weighted by molar-refractivity contribution is 5.80. The minimum absolute atomic E-state index is 0.141. The summed E-state index contributed by atoms with van der Waals surface area (Å²) in [5.74, 6) is -2.01. The van der Waals surface area contributed by atoms with Gasteiger partial charge < -0.3 is 9.64 Å². The van der Waals surface area contributed by atoms with Gasteiger partial charge in [-0.2, -0.15) is 0 Å². The van der Waals surface area contributed by atoms with E-state index in [-0.39, 0.29) is 11.7 Å². The molecule has 0 radical (unpaired) electrons. The lowest BCUT2D eigenvalue weighted by atomic mass is 10.3. The van der Waals surface area contributed by atoms with Gasteiger partial charge in [0.05, 0.1) is 0 Å². The van der Waals surface area contributed by atoms with Crippen LogP contribution in [-0.4, -0.2) is 55.1 Å². The Morgan fingerprint density at radius 1 is 1.29 bits per heavy atom. The molecule has 7 heteroatoms. The zero-order valence-electron chi connectivity index (χ0n) is 12.1. The van der Waals surface area contributed by atoms with Crippen LogP contribution in [0.3, 0.4) is 0 Å². The average molecular weight is 299 g/mol. The van der Waals surface area contributed by atoms with E-state index in [1.807, 2.05) is 12.1 Å². The van der Waals surface area contributed by atoms with Gasteiger partial charge in [0.15, 0.2) is 17.7 Å². The highest BCUT2D eigenvalue weighted by Gasteiger charge is 2.21. The summed E-state index contributed by atoms with van der Waals surface area (Å²) in [6.07, 6.45) is -0.871. The number of nitrogens with one attached hydrogen (secondary N) is 1. The van der Waals surface area contributed by atoms with Gasteiger partial charge in [0, 0.05) is 32.2 Å². The maximum absolute atomic E-state index is 13.5. The predicted octanol–water partition coefficient (Wildman–Crippen LogP) is 1.01. The zero-order valence-corrected chi connectivity index (χ0v) is 12.1. The number of ether oxygens (including phenoxy) is 1. The first-order chi connectivity index (χ1) is 9.95. The number of hydrogen-bond donors (Lipinski definition) is 1. The average Bonchev–Trinajstić information content (AvgIpc) is 2.44. The minimum atomic E-state index is -0.871. The van der Waals surface area contributed by atoms with E-state index in [0.717, 1.165) is 38.3 Å². The summed E-state index contributed by atoms with van der Waals surface area (Å²) in [6, 6.07) is 2.98. The standard InChI is InChI=1S/C14H19F2N3O2/c1-10(21-13-4-3-11(15)9-12(13)16)14(20)17-19-7-5-18(2)6-8-19/h3-4,9-10H,5-8H2,1-2H3,(H,17,20)/t10-/m0/s1. The van der Waals surface area contributed by atoms with Crippen molar-refractivity contribution in [3.05, 3.63) is 29.8 Å². The second kappa shape index (κ2) is 6.82. The molecule has 116 valence electrons. The summed E-state index contributed by atoms with van der Waals surface area (Å²) < 4.78 is 31.5. The van der Waals surface area contributed by atoms with Crippen molar-refractivity contribution in [3.63, 3.8) is 0 Å². The summed E-state index contributed by atoms with van der Waals surface area (Å²) in [4.78, 5) is 14.2. The Balaban J connectivity index is 1.87. The second-order valence-electron chi connectivity index (χ2n) is 5.10. The summed E-state index contributed by atoms with van der Waals surface area (Å²) in [5.41, 5.74) is 2.74. The Morgan fingerprint density at radius 3 is 2.57 bits per heavy atom. The molecule has 1 aliphatic rings. The van der Waals surface area contributed by atoms with Crippen molar-refractivity contribution in [2.75, 3.05) is 33.2 Å². The molecule has 1 aromatic carbocycles. The minimum Gasteiger partial charge on any atom is -0.478 e. The number of halogens is 2. The maximum atomic E-state index is 13.5. The molecule has 0 aromatic heterocycles. The molecule has 0 saturated carbocycles. The number of hydrazine groups is 1. The molecule has 0 aliphatic carbocycles. The largest absolute Gasteiger partial charge is 0.478 e. The molecule has 21 heavy (non-hydrogen) atoms. The lowest BCUT2D eigenvalue weighted by Gasteiger charge is -2.33. The molecule has 1 amide bonds. The van der Waals surface area contributed by atoms with Crippen LogP contribution in [0, 0.1) is 11.6 Å². The number of amides is 1. The molecule has 1 N–H and O–H groups in total. The monoisotopic (exact) mass is 299 g/mol. The van der Waals surface area contributed by atoms with Crippen LogP contribution in [0.1, 0.15) is 6.92 Å². The number of benzene rings is 1. The normalized spacial score (nSPS) is 18.3. The number of nitrogens with zero attached hydrogens (tertiary/aromatic N) is 2. The van der Waals surface area contributed by atoms with Crippen molar-refractivity contribution in [2.45, 2.75) is 13.0 Å². The van der Waals surface area contributed by atoms with Crippen LogP contribution in [0.25, 0.3) is 0 Å². The highest BCUT2D eigenvalue weighted by atomic mass is 19.1. The van der Waals surface area contributed by atoms with Crippen molar-refractivity contribution < 1.29 is 18.3 Å². The fraction of sp³-hybridized carbons (Fsp3) is 0.500. The van der Waals surface area contributed by atoms with Crippen molar-refractivity contribution in [1.82, 2.24) is 15.3 Å². The van der Waals surface area contributed by atoms with Gasteiger partial charge in [0.25, 0.3) is 5.91 Å². The lowest BCUT2D eigenvalue weighted by molar-refractivity contribution is -0.133. The molecule has 1 aromatic rings. The van der Waals surface area contributed by atoms with E-state index >= 15 is 0 Å². The maximum Gasteiger partial charge on any atom is 0.275 e. The quantitative estimate of drug-likeness (QED) is 0.901. The van der Waals surface area contributed by atoms with E-state index in [2.05, 4.69) is 10.3 Å². The summed E-state index contributed by atoms with van der Waals surface area (Å²) >= 11 is 0. The van der Waals surface area contributed by atoms with Gasteiger partial charge in [-0.15, -0.1) is 0 Å². The number of likely N-dealkylation sites (N-methyl/N-ethyl adjacent to an activating group) is 1. The molecular formula is C14H19F2N3O2. The van der Waals surface area contributed by atoms with Gasteiger partial charge in [0.1, 0.15) is 5.82 Å².